The van der Waals surface area contributed by atoms with Crippen molar-refractivity contribution in [3.05, 3.63) is 34.9 Å². The number of carboxylic acids is 1. The molecule has 0 spiro atoms. The van der Waals surface area contributed by atoms with Crippen LogP contribution in [-0.4, -0.2) is 17.1 Å². The monoisotopic (exact) mass is 233 g/mol. The van der Waals surface area contributed by atoms with Gasteiger partial charge in [-0.15, -0.1) is 0 Å². The van der Waals surface area contributed by atoms with Gasteiger partial charge in [-0.25, -0.2) is 0 Å². The van der Waals surface area contributed by atoms with E-state index in [4.69, 9.17) is 5.11 Å². The van der Waals surface area contributed by atoms with E-state index in [0.717, 1.165) is 19.3 Å². The van der Waals surface area contributed by atoms with Crippen LogP contribution < -0.4 is 5.32 Å². The third kappa shape index (κ3) is 2.86. The third-order valence-electron chi connectivity index (χ3n) is 3.33. The highest BCUT2D eigenvalue weighted by Crippen LogP contribution is 2.27. The molecule has 1 aliphatic heterocycles. The summed E-state index contributed by atoms with van der Waals surface area (Å²) in [7, 11) is 0. The molecule has 1 aromatic carbocycles. The van der Waals surface area contributed by atoms with E-state index in [2.05, 4.69) is 37.4 Å². The standard InChI is InChI=1S/C14H19NO2/c1-9-6-10(2)8-11(7-9)12-4-3-5-13(15-12)14(16)17/h6-8,12-13,15H,3-5H2,1-2H3,(H,16,17). The number of nitrogens with one attached hydrogen (secondary N) is 1. The molecule has 3 nitrogen and oxygen atoms in total. The van der Waals surface area contributed by atoms with Crippen molar-refractivity contribution in [1.29, 1.82) is 0 Å². The zero-order valence-electron chi connectivity index (χ0n) is 10.4. The van der Waals surface area contributed by atoms with Gasteiger partial charge in [-0.3, -0.25) is 10.1 Å². The second-order valence-electron chi connectivity index (χ2n) is 4.96. The smallest absolute Gasteiger partial charge is 0.320 e. The van der Waals surface area contributed by atoms with Crippen molar-refractivity contribution in [1.82, 2.24) is 5.32 Å². The van der Waals surface area contributed by atoms with Crippen LogP contribution in [0.2, 0.25) is 0 Å². The summed E-state index contributed by atoms with van der Waals surface area (Å²) in [5, 5.41) is 12.3. The first-order valence-corrected chi connectivity index (χ1v) is 6.13. The van der Waals surface area contributed by atoms with Gasteiger partial charge >= 0.3 is 5.97 Å². The molecule has 92 valence electrons. The van der Waals surface area contributed by atoms with Crippen LogP contribution >= 0.6 is 0 Å². The third-order valence-corrected chi connectivity index (χ3v) is 3.33. The van der Waals surface area contributed by atoms with Gasteiger partial charge in [0.05, 0.1) is 0 Å². The van der Waals surface area contributed by atoms with Crippen molar-refractivity contribution in [3.8, 4) is 0 Å². The predicted molar refractivity (Wildman–Crippen MR) is 67.1 cm³/mol. The molecule has 2 unspecified atom stereocenters. The molecule has 0 saturated carbocycles. The molecule has 1 aromatic rings. The van der Waals surface area contributed by atoms with E-state index in [-0.39, 0.29) is 6.04 Å². The minimum atomic E-state index is -0.737. The Hall–Kier alpha value is -1.35. The number of aryl methyl sites for hydroxylation is 2. The fraction of sp³-hybridized carbons (Fsp3) is 0.500. The summed E-state index contributed by atoms with van der Waals surface area (Å²) in [6.07, 6.45) is 2.73. The van der Waals surface area contributed by atoms with Crippen LogP contribution in [0, 0.1) is 13.8 Å². The zero-order valence-corrected chi connectivity index (χ0v) is 10.4. The number of benzene rings is 1. The minimum Gasteiger partial charge on any atom is -0.480 e. The SMILES string of the molecule is Cc1cc(C)cc(C2CCCC(C(=O)O)N2)c1. The molecule has 17 heavy (non-hydrogen) atoms. The van der Waals surface area contributed by atoms with Gasteiger partial charge in [0.1, 0.15) is 6.04 Å². The molecule has 2 rings (SSSR count). The average molecular weight is 233 g/mol. The highest BCUT2D eigenvalue weighted by Gasteiger charge is 2.26. The fourth-order valence-electron chi connectivity index (χ4n) is 2.60. The maximum atomic E-state index is 11.0. The number of hydrogen-bond donors (Lipinski definition) is 2. The van der Waals surface area contributed by atoms with E-state index in [1.807, 2.05) is 0 Å². The normalized spacial score (nSPS) is 24.6. The number of hydrogen-bond acceptors (Lipinski definition) is 2. The molecule has 1 heterocycles. The van der Waals surface area contributed by atoms with E-state index in [1.54, 1.807) is 0 Å². The Morgan fingerprint density at radius 1 is 1.24 bits per heavy atom. The van der Waals surface area contributed by atoms with Gasteiger partial charge < -0.3 is 5.11 Å². The van der Waals surface area contributed by atoms with Gasteiger partial charge in [-0.1, -0.05) is 29.3 Å². The molecular formula is C14H19NO2. The maximum absolute atomic E-state index is 11.0. The number of carbonyl (C=O) groups is 1. The van der Waals surface area contributed by atoms with E-state index >= 15 is 0 Å². The van der Waals surface area contributed by atoms with Gasteiger partial charge in [-0.05, 0) is 38.7 Å². The lowest BCUT2D eigenvalue weighted by atomic mass is 9.92. The van der Waals surface area contributed by atoms with Gasteiger partial charge in [0.15, 0.2) is 0 Å². The molecule has 1 aliphatic rings. The second kappa shape index (κ2) is 4.88. The lowest BCUT2D eigenvalue weighted by Crippen LogP contribution is -2.42. The topological polar surface area (TPSA) is 49.3 Å². The number of aliphatic carboxylic acids is 1. The van der Waals surface area contributed by atoms with E-state index in [9.17, 15) is 4.79 Å². The molecule has 0 bridgehead atoms. The van der Waals surface area contributed by atoms with Crippen LogP contribution in [0.25, 0.3) is 0 Å². The lowest BCUT2D eigenvalue weighted by Gasteiger charge is -2.29. The van der Waals surface area contributed by atoms with Crippen LogP contribution in [-0.2, 0) is 4.79 Å². The van der Waals surface area contributed by atoms with E-state index in [1.165, 1.54) is 16.7 Å². The average Bonchev–Trinajstić information content (AvgIpc) is 2.28. The Labute approximate surface area is 102 Å². The van der Waals surface area contributed by atoms with E-state index in [0.29, 0.717) is 0 Å². The molecule has 1 fully saturated rings. The van der Waals surface area contributed by atoms with Crippen molar-refractivity contribution < 1.29 is 9.90 Å². The van der Waals surface area contributed by atoms with Crippen LogP contribution in [0.15, 0.2) is 18.2 Å². The summed E-state index contributed by atoms with van der Waals surface area (Å²) in [6.45, 7) is 4.15. The van der Waals surface area contributed by atoms with Crippen LogP contribution in [0.5, 0.6) is 0 Å². The molecule has 1 saturated heterocycles. The number of rotatable bonds is 2. The van der Waals surface area contributed by atoms with Gasteiger partial charge in [-0.2, -0.15) is 0 Å². The first-order valence-electron chi connectivity index (χ1n) is 6.13. The van der Waals surface area contributed by atoms with Crippen molar-refractivity contribution in [2.45, 2.75) is 45.2 Å². The van der Waals surface area contributed by atoms with Crippen molar-refractivity contribution in [2.75, 3.05) is 0 Å². The summed E-state index contributed by atoms with van der Waals surface area (Å²) in [5.41, 5.74) is 3.69. The quantitative estimate of drug-likeness (QED) is 0.825. The van der Waals surface area contributed by atoms with Crippen LogP contribution in [0.1, 0.15) is 42.0 Å². The summed E-state index contributed by atoms with van der Waals surface area (Å²) < 4.78 is 0. The van der Waals surface area contributed by atoms with Crippen molar-refractivity contribution >= 4 is 5.97 Å². The summed E-state index contributed by atoms with van der Waals surface area (Å²) >= 11 is 0. The Morgan fingerprint density at radius 2 is 1.88 bits per heavy atom. The van der Waals surface area contributed by atoms with Gasteiger partial charge in [0.25, 0.3) is 0 Å². The predicted octanol–water partition coefficient (Wildman–Crippen LogP) is 2.57. The molecule has 2 atom stereocenters. The van der Waals surface area contributed by atoms with Crippen molar-refractivity contribution in [2.24, 2.45) is 0 Å². The van der Waals surface area contributed by atoms with Crippen molar-refractivity contribution in [3.63, 3.8) is 0 Å². The van der Waals surface area contributed by atoms with Gasteiger partial charge in [0, 0.05) is 6.04 Å². The molecule has 0 aliphatic carbocycles. The maximum Gasteiger partial charge on any atom is 0.320 e. The molecule has 0 aromatic heterocycles. The largest absolute Gasteiger partial charge is 0.480 e. The molecular weight excluding hydrogens is 214 g/mol. The molecule has 2 N–H and O–H groups in total. The first-order chi connectivity index (χ1) is 8.06. The number of piperidine rings is 1. The highest BCUT2D eigenvalue weighted by atomic mass is 16.4. The summed E-state index contributed by atoms with van der Waals surface area (Å²) in [6, 6.07) is 6.23. The second-order valence-corrected chi connectivity index (χ2v) is 4.96. The molecule has 0 radical (unpaired) electrons. The van der Waals surface area contributed by atoms with Crippen LogP contribution in [0.4, 0.5) is 0 Å². The Balaban J connectivity index is 2.18. The lowest BCUT2D eigenvalue weighted by molar-refractivity contribution is -0.140. The molecule has 3 heteroatoms. The zero-order chi connectivity index (χ0) is 12.4. The minimum absolute atomic E-state index is 0.184. The first kappa shape index (κ1) is 12.1. The Kier molecular flexibility index (Phi) is 3.48. The van der Waals surface area contributed by atoms with E-state index < -0.39 is 12.0 Å². The molecule has 0 amide bonds. The Bertz CT molecular complexity index is 408. The number of carboxylic acid groups (broad SMARTS) is 1. The summed E-state index contributed by atoms with van der Waals surface area (Å²) in [4.78, 5) is 11.0. The summed E-state index contributed by atoms with van der Waals surface area (Å²) in [5.74, 6) is -0.737. The van der Waals surface area contributed by atoms with Gasteiger partial charge in [0.2, 0.25) is 0 Å². The Morgan fingerprint density at radius 3 is 2.47 bits per heavy atom. The fourth-order valence-corrected chi connectivity index (χ4v) is 2.60. The highest BCUT2D eigenvalue weighted by molar-refractivity contribution is 5.73. The van der Waals surface area contributed by atoms with Crippen LogP contribution in [0.3, 0.4) is 0 Å².